The zero-order chi connectivity index (χ0) is 10.3. The summed E-state index contributed by atoms with van der Waals surface area (Å²) in [6.07, 6.45) is 1.75. The molecule has 78 valence electrons. The van der Waals surface area contributed by atoms with Crippen molar-refractivity contribution in [1.29, 1.82) is 0 Å². The lowest BCUT2D eigenvalue weighted by Crippen LogP contribution is -2.16. The average molecular weight is 286 g/mol. The Morgan fingerprint density at radius 3 is 3.27 bits per heavy atom. The van der Waals surface area contributed by atoms with Gasteiger partial charge in [-0.2, -0.15) is 0 Å². The molecule has 1 unspecified atom stereocenters. The summed E-state index contributed by atoms with van der Waals surface area (Å²) in [7, 11) is 0. The van der Waals surface area contributed by atoms with Gasteiger partial charge in [0.15, 0.2) is 4.67 Å². The van der Waals surface area contributed by atoms with Crippen LogP contribution >= 0.6 is 27.3 Å². The van der Waals surface area contributed by atoms with Crippen LogP contribution < -0.4 is 0 Å². The summed E-state index contributed by atoms with van der Waals surface area (Å²) < 4.78 is 11.7. The van der Waals surface area contributed by atoms with E-state index in [4.69, 9.17) is 9.15 Å². The maximum absolute atomic E-state index is 5.53. The Bertz CT molecular complexity index is 466. The minimum Gasteiger partial charge on any atom is -0.457 e. The molecule has 3 rings (SSSR count). The van der Waals surface area contributed by atoms with Crippen LogP contribution in [0.15, 0.2) is 26.2 Å². The quantitative estimate of drug-likeness (QED) is 0.807. The normalized spacial score (nSPS) is 20.2. The first kappa shape index (κ1) is 9.57. The first-order chi connectivity index (χ1) is 7.36. The third-order valence-electron chi connectivity index (χ3n) is 2.56. The van der Waals surface area contributed by atoms with Gasteiger partial charge in [0.1, 0.15) is 0 Å². The van der Waals surface area contributed by atoms with E-state index in [1.54, 1.807) is 17.6 Å². The molecule has 3 nitrogen and oxygen atoms in total. The van der Waals surface area contributed by atoms with Gasteiger partial charge in [-0.15, -0.1) is 11.3 Å². The Labute approximate surface area is 99.2 Å². The minimum atomic E-state index is 0.202. The molecule has 0 aromatic carbocycles. The summed E-state index contributed by atoms with van der Waals surface area (Å²) in [6, 6.07) is 0. The van der Waals surface area contributed by atoms with Crippen LogP contribution in [0.3, 0.4) is 0 Å². The third kappa shape index (κ3) is 1.55. The molecule has 0 fully saturated rings. The van der Waals surface area contributed by atoms with Crippen molar-refractivity contribution in [3.05, 3.63) is 38.6 Å². The van der Waals surface area contributed by atoms with Crippen LogP contribution in [0.1, 0.15) is 22.7 Å². The van der Waals surface area contributed by atoms with Crippen molar-refractivity contribution in [2.45, 2.75) is 12.5 Å². The van der Waals surface area contributed by atoms with Crippen molar-refractivity contribution >= 4 is 27.3 Å². The summed E-state index contributed by atoms with van der Waals surface area (Å²) in [5.41, 5.74) is 5.21. The van der Waals surface area contributed by atoms with E-state index < -0.39 is 0 Å². The lowest BCUT2D eigenvalue weighted by Gasteiger charge is -2.20. The number of nitrogens with zero attached hydrogens (tertiary/aromatic N) is 1. The Morgan fingerprint density at radius 2 is 2.47 bits per heavy atom. The van der Waals surface area contributed by atoms with Gasteiger partial charge in [-0.05, 0) is 15.9 Å². The van der Waals surface area contributed by atoms with E-state index in [9.17, 15) is 0 Å². The summed E-state index contributed by atoms with van der Waals surface area (Å²) in [6.45, 7) is 1.31. The first-order valence-electron chi connectivity index (χ1n) is 4.58. The number of rotatable bonds is 1. The molecule has 0 radical (unpaired) electrons. The molecule has 0 saturated heterocycles. The van der Waals surface area contributed by atoms with E-state index >= 15 is 0 Å². The van der Waals surface area contributed by atoms with Crippen LogP contribution in [0.2, 0.25) is 0 Å². The maximum Gasteiger partial charge on any atom is 0.173 e. The lowest BCUT2D eigenvalue weighted by molar-refractivity contribution is 0.0990. The van der Waals surface area contributed by atoms with Gasteiger partial charge < -0.3 is 9.15 Å². The van der Waals surface area contributed by atoms with E-state index in [1.807, 2.05) is 5.51 Å². The fraction of sp³-hybridized carbons (Fsp3) is 0.300. The highest BCUT2D eigenvalue weighted by atomic mass is 79.9. The standard InChI is InChI=1S/C10H8BrNO2S/c11-10-9-6(2-14-10)1-13-3-7(9)8-4-15-5-12-8/h2,4-5,7H,1,3H2. The average Bonchev–Trinajstić information content (AvgIpc) is 2.88. The van der Waals surface area contributed by atoms with E-state index in [2.05, 4.69) is 26.3 Å². The van der Waals surface area contributed by atoms with Gasteiger partial charge in [0.2, 0.25) is 0 Å². The van der Waals surface area contributed by atoms with E-state index in [-0.39, 0.29) is 5.92 Å². The highest BCUT2D eigenvalue weighted by Gasteiger charge is 2.28. The van der Waals surface area contributed by atoms with Crippen LogP contribution in [-0.4, -0.2) is 11.6 Å². The Kier molecular flexibility index (Phi) is 2.38. The van der Waals surface area contributed by atoms with Gasteiger partial charge in [-0.1, -0.05) is 0 Å². The van der Waals surface area contributed by atoms with E-state index in [0.29, 0.717) is 13.2 Å². The smallest absolute Gasteiger partial charge is 0.173 e. The summed E-state index contributed by atoms with van der Waals surface area (Å²) in [5.74, 6) is 0.202. The summed E-state index contributed by atoms with van der Waals surface area (Å²) in [5, 5.41) is 2.06. The third-order valence-corrected chi connectivity index (χ3v) is 3.78. The Hall–Kier alpha value is -0.650. The molecule has 3 heterocycles. The molecule has 5 heteroatoms. The lowest BCUT2D eigenvalue weighted by atomic mass is 9.95. The molecule has 0 aliphatic carbocycles. The van der Waals surface area contributed by atoms with Gasteiger partial charge in [0, 0.05) is 16.5 Å². The molecule has 0 saturated carbocycles. The van der Waals surface area contributed by atoms with Gasteiger partial charge in [0.25, 0.3) is 0 Å². The van der Waals surface area contributed by atoms with Crippen LogP contribution in [0.5, 0.6) is 0 Å². The number of furan rings is 1. The largest absolute Gasteiger partial charge is 0.457 e. The maximum atomic E-state index is 5.53. The summed E-state index contributed by atoms with van der Waals surface area (Å²) in [4.78, 5) is 4.34. The molecule has 1 aliphatic rings. The minimum absolute atomic E-state index is 0.202. The zero-order valence-electron chi connectivity index (χ0n) is 7.77. The van der Waals surface area contributed by atoms with Crippen LogP contribution in [0.4, 0.5) is 0 Å². The fourth-order valence-corrected chi connectivity index (χ4v) is 3.08. The Morgan fingerprint density at radius 1 is 1.53 bits per heavy atom. The molecule has 0 amide bonds. The molecule has 1 aliphatic heterocycles. The van der Waals surface area contributed by atoms with Crippen molar-refractivity contribution in [1.82, 2.24) is 4.98 Å². The highest BCUT2D eigenvalue weighted by molar-refractivity contribution is 9.10. The number of hydrogen-bond donors (Lipinski definition) is 0. The molecule has 1 atom stereocenters. The topological polar surface area (TPSA) is 35.3 Å². The molecule has 15 heavy (non-hydrogen) atoms. The van der Waals surface area contributed by atoms with Crippen LogP contribution in [0.25, 0.3) is 0 Å². The SMILES string of the molecule is Brc1occ2c1C(c1cscn1)COC2. The van der Waals surface area contributed by atoms with E-state index in [1.165, 1.54) is 5.56 Å². The van der Waals surface area contributed by atoms with Crippen molar-refractivity contribution < 1.29 is 9.15 Å². The van der Waals surface area contributed by atoms with E-state index in [0.717, 1.165) is 15.9 Å². The van der Waals surface area contributed by atoms with Crippen LogP contribution in [0, 0.1) is 0 Å². The predicted octanol–water partition coefficient (Wildman–Crippen LogP) is 3.16. The first-order valence-corrected chi connectivity index (χ1v) is 6.31. The molecular weight excluding hydrogens is 278 g/mol. The number of fused-ring (bicyclic) bond motifs is 1. The number of ether oxygens (including phenoxy) is 1. The van der Waals surface area contributed by atoms with Gasteiger partial charge in [0.05, 0.1) is 36.6 Å². The second-order valence-corrected chi connectivity index (χ2v) is 4.87. The van der Waals surface area contributed by atoms with Crippen molar-refractivity contribution in [2.75, 3.05) is 6.61 Å². The molecular formula is C10H8BrNO2S. The number of thiazole rings is 1. The molecule has 0 bridgehead atoms. The zero-order valence-corrected chi connectivity index (χ0v) is 10.2. The second kappa shape index (κ2) is 3.73. The monoisotopic (exact) mass is 285 g/mol. The molecule has 0 N–H and O–H groups in total. The number of aromatic nitrogens is 1. The van der Waals surface area contributed by atoms with Gasteiger partial charge >= 0.3 is 0 Å². The highest BCUT2D eigenvalue weighted by Crippen LogP contribution is 2.37. The number of halogens is 1. The fourth-order valence-electron chi connectivity index (χ4n) is 1.85. The molecule has 0 spiro atoms. The summed E-state index contributed by atoms with van der Waals surface area (Å²) >= 11 is 5.04. The van der Waals surface area contributed by atoms with Gasteiger partial charge in [-0.3, -0.25) is 0 Å². The van der Waals surface area contributed by atoms with Crippen molar-refractivity contribution in [3.63, 3.8) is 0 Å². The molecule has 2 aromatic heterocycles. The van der Waals surface area contributed by atoms with Crippen LogP contribution in [-0.2, 0) is 11.3 Å². The second-order valence-electron chi connectivity index (χ2n) is 3.43. The molecule has 2 aromatic rings. The van der Waals surface area contributed by atoms with Crippen molar-refractivity contribution in [3.8, 4) is 0 Å². The Balaban J connectivity index is 2.09. The van der Waals surface area contributed by atoms with Crippen molar-refractivity contribution in [2.24, 2.45) is 0 Å². The van der Waals surface area contributed by atoms with Gasteiger partial charge in [-0.25, -0.2) is 4.98 Å². The number of hydrogen-bond acceptors (Lipinski definition) is 4. The predicted molar refractivity (Wildman–Crippen MR) is 60.0 cm³/mol.